The Morgan fingerprint density at radius 1 is 1.21 bits per heavy atom. The van der Waals surface area contributed by atoms with Crippen LogP contribution >= 0.6 is 11.6 Å². The normalized spacial score (nSPS) is 11.0. The van der Waals surface area contributed by atoms with Gasteiger partial charge in [-0.25, -0.2) is 0 Å². The predicted molar refractivity (Wildman–Crippen MR) is 109 cm³/mol. The minimum atomic E-state index is -0.521. The smallest absolute Gasteiger partial charge is 0.266 e. The number of nitrogens with zero attached hydrogens (tertiary/aromatic N) is 1. The van der Waals surface area contributed by atoms with Crippen molar-refractivity contribution in [3.8, 4) is 23.1 Å². The molecule has 1 aromatic heterocycles. The van der Waals surface area contributed by atoms with Crippen LogP contribution in [0.4, 0.5) is 5.69 Å². The summed E-state index contributed by atoms with van der Waals surface area (Å²) in [6.07, 6.45) is 1.40. The van der Waals surface area contributed by atoms with E-state index in [-0.39, 0.29) is 5.57 Å². The summed E-state index contributed by atoms with van der Waals surface area (Å²) in [7, 11) is 0. The standard InChI is InChI=1S/C22H17ClN2O3/c1-2-27-19-8-6-18(7-9-19)25-22(26)16(14-24)13-20-10-11-21(28-20)15-4-3-5-17(23)12-15/h3-13H,2H2,1H3,(H,25,26)/b16-13-. The number of carbonyl (C=O) groups is 1. The molecule has 140 valence electrons. The molecule has 0 bridgehead atoms. The first-order valence-corrected chi connectivity index (χ1v) is 8.98. The van der Waals surface area contributed by atoms with Crippen LogP contribution in [-0.2, 0) is 4.79 Å². The van der Waals surface area contributed by atoms with E-state index in [1.165, 1.54) is 6.08 Å². The average Bonchev–Trinajstić information content (AvgIpc) is 3.16. The summed E-state index contributed by atoms with van der Waals surface area (Å²) in [6.45, 7) is 2.46. The molecule has 0 fully saturated rings. The highest BCUT2D eigenvalue weighted by atomic mass is 35.5. The van der Waals surface area contributed by atoms with Gasteiger partial charge in [-0.05, 0) is 55.5 Å². The van der Waals surface area contributed by atoms with Crippen molar-refractivity contribution in [3.05, 3.63) is 77.0 Å². The lowest BCUT2D eigenvalue weighted by molar-refractivity contribution is -0.112. The molecule has 2 aromatic carbocycles. The summed E-state index contributed by atoms with van der Waals surface area (Å²) < 4.78 is 11.1. The second-order valence-electron chi connectivity index (χ2n) is 5.79. The molecule has 0 saturated carbocycles. The average molecular weight is 393 g/mol. The first-order valence-electron chi connectivity index (χ1n) is 8.61. The van der Waals surface area contributed by atoms with Crippen LogP contribution in [0, 0.1) is 11.3 Å². The zero-order chi connectivity index (χ0) is 19.9. The van der Waals surface area contributed by atoms with Gasteiger partial charge in [-0.1, -0.05) is 23.7 Å². The SMILES string of the molecule is CCOc1ccc(NC(=O)/C(C#N)=C\c2ccc(-c3cccc(Cl)c3)o2)cc1. The topological polar surface area (TPSA) is 75.3 Å². The number of benzene rings is 2. The molecule has 1 amide bonds. The number of carbonyl (C=O) groups excluding carboxylic acids is 1. The largest absolute Gasteiger partial charge is 0.494 e. The van der Waals surface area contributed by atoms with Crippen molar-refractivity contribution in [1.82, 2.24) is 0 Å². The molecular weight excluding hydrogens is 376 g/mol. The molecule has 3 aromatic rings. The van der Waals surface area contributed by atoms with Crippen LogP contribution in [0.15, 0.2) is 70.7 Å². The maximum atomic E-state index is 12.4. The fourth-order valence-corrected chi connectivity index (χ4v) is 2.71. The fourth-order valence-electron chi connectivity index (χ4n) is 2.52. The molecular formula is C22H17ClN2O3. The molecule has 0 aliphatic rings. The van der Waals surface area contributed by atoms with E-state index in [0.29, 0.717) is 34.6 Å². The third-order valence-electron chi connectivity index (χ3n) is 3.81. The number of amides is 1. The molecule has 0 spiro atoms. The quantitative estimate of drug-likeness (QED) is 0.441. The van der Waals surface area contributed by atoms with E-state index in [1.54, 1.807) is 48.5 Å². The molecule has 28 heavy (non-hydrogen) atoms. The van der Waals surface area contributed by atoms with Crippen molar-refractivity contribution in [2.45, 2.75) is 6.92 Å². The number of nitrogens with one attached hydrogen (secondary N) is 1. The summed E-state index contributed by atoms with van der Waals surface area (Å²) in [5, 5.41) is 12.6. The monoisotopic (exact) mass is 392 g/mol. The molecule has 0 saturated heterocycles. The van der Waals surface area contributed by atoms with Crippen LogP contribution in [0.1, 0.15) is 12.7 Å². The molecule has 6 heteroatoms. The van der Waals surface area contributed by atoms with Gasteiger partial charge in [-0.15, -0.1) is 0 Å². The zero-order valence-electron chi connectivity index (χ0n) is 15.1. The van der Waals surface area contributed by atoms with Gasteiger partial charge in [0.05, 0.1) is 6.61 Å². The van der Waals surface area contributed by atoms with Gasteiger partial charge in [0, 0.05) is 22.3 Å². The highest BCUT2D eigenvalue weighted by Gasteiger charge is 2.12. The van der Waals surface area contributed by atoms with Gasteiger partial charge in [0.1, 0.15) is 28.9 Å². The Morgan fingerprint density at radius 2 is 2.00 bits per heavy atom. The van der Waals surface area contributed by atoms with Gasteiger partial charge >= 0.3 is 0 Å². The van der Waals surface area contributed by atoms with Crippen molar-refractivity contribution in [1.29, 1.82) is 5.26 Å². The summed E-state index contributed by atoms with van der Waals surface area (Å²) in [6, 6.07) is 19.5. The second kappa shape index (κ2) is 8.94. The van der Waals surface area contributed by atoms with Crippen LogP contribution in [0.25, 0.3) is 17.4 Å². The van der Waals surface area contributed by atoms with Gasteiger partial charge in [-0.3, -0.25) is 4.79 Å². The Hall–Kier alpha value is -3.49. The summed E-state index contributed by atoms with van der Waals surface area (Å²) >= 11 is 6.00. The summed E-state index contributed by atoms with van der Waals surface area (Å²) in [5.74, 6) is 1.18. The highest BCUT2D eigenvalue weighted by molar-refractivity contribution is 6.30. The van der Waals surface area contributed by atoms with Crippen molar-refractivity contribution in [2.75, 3.05) is 11.9 Å². The lowest BCUT2D eigenvalue weighted by Gasteiger charge is -2.06. The van der Waals surface area contributed by atoms with E-state index in [4.69, 9.17) is 20.8 Å². The van der Waals surface area contributed by atoms with Gasteiger partial charge in [0.2, 0.25) is 0 Å². The number of ether oxygens (including phenoxy) is 1. The van der Waals surface area contributed by atoms with Gasteiger partial charge in [0.15, 0.2) is 0 Å². The number of furan rings is 1. The van der Waals surface area contributed by atoms with E-state index in [9.17, 15) is 10.1 Å². The number of hydrogen-bond donors (Lipinski definition) is 1. The lowest BCUT2D eigenvalue weighted by Crippen LogP contribution is -2.13. The molecule has 0 radical (unpaired) electrons. The van der Waals surface area contributed by atoms with E-state index in [0.717, 1.165) is 5.56 Å². The van der Waals surface area contributed by atoms with Gasteiger partial charge in [0.25, 0.3) is 5.91 Å². The van der Waals surface area contributed by atoms with Crippen molar-refractivity contribution in [3.63, 3.8) is 0 Å². The molecule has 0 atom stereocenters. The van der Waals surface area contributed by atoms with Crippen molar-refractivity contribution in [2.24, 2.45) is 0 Å². The van der Waals surface area contributed by atoms with Crippen LogP contribution in [-0.4, -0.2) is 12.5 Å². The highest BCUT2D eigenvalue weighted by Crippen LogP contribution is 2.26. The number of anilines is 1. The minimum absolute atomic E-state index is 0.0686. The maximum absolute atomic E-state index is 12.4. The van der Waals surface area contributed by atoms with Gasteiger partial charge < -0.3 is 14.5 Å². The molecule has 3 rings (SSSR count). The molecule has 1 heterocycles. The zero-order valence-corrected chi connectivity index (χ0v) is 15.9. The first kappa shape index (κ1) is 19.3. The third kappa shape index (κ3) is 4.81. The van der Waals surface area contributed by atoms with Crippen LogP contribution in [0.5, 0.6) is 5.75 Å². The summed E-state index contributed by atoms with van der Waals surface area (Å²) in [4.78, 5) is 12.4. The lowest BCUT2D eigenvalue weighted by atomic mass is 10.2. The van der Waals surface area contributed by atoms with Crippen LogP contribution < -0.4 is 10.1 Å². The van der Waals surface area contributed by atoms with Gasteiger partial charge in [-0.2, -0.15) is 5.26 Å². The van der Waals surface area contributed by atoms with E-state index in [1.807, 2.05) is 25.1 Å². The molecule has 1 N–H and O–H groups in total. The Kier molecular flexibility index (Phi) is 6.15. The molecule has 0 aliphatic carbocycles. The minimum Gasteiger partial charge on any atom is -0.494 e. The van der Waals surface area contributed by atoms with E-state index < -0.39 is 5.91 Å². The third-order valence-corrected chi connectivity index (χ3v) is 4.05. The molecule has 5 nitrogen and oxygen atoms in total. The number of nitriles is 1. The predicted octanol–water partition coefficient (Wildman–Crippen LogP) is 5.54. The van der Waals surface area contributed by atoms with E-state index in [2.05, 4.69) is 5.32 Å². The van der Waals surface area contributed by atoms with Crippen molar-refractivity contribution < 1.29 is 13.9 Å². The second-order valence-corrected chi connectivity index (χ2v) is 6.23. The summed E-state index contributed by atoms with van der Waals surface area (Å²) in [5.41, 5.74) is 1.30. The Bertz CT molecular complexity index is 1050. The molecule has 0 unspecified atom stereocenters. The molecule has 0 aliphatic heterocycles. The van der Waals surface area contributed by atoms with Crippen LogP contribution in [0.3, 0.4) is 0 Å². The Morgan fingerprint density at radius 3 is 2.68 bits per heavy atom. The van der Waals surface area contributed by atoms with E-state index >= 15 is 0 Å². The van der Waals surface area contributed by atoms with Crippen molar-refractivity contribution >= 4 is 29.3 Å². The first-order chi connectivity index (χ1) is 13.6. The number of rotatable bonds is 6. The Labute approximate surface area is 167 Å². The number of hydrogen-bond acceptors (Lipinski definition) is 4. The number of halogens is 1. The maximum Gasteiger partial charge on any atom is 0.266 e. The fraction of sp³-hybridized carbons (Fsp3) is 0.0909. The van der Waals surface area contributed by atoms with Crippen LogP contribution in [0.2, 0.25) is 5.02 Å². The Balaban J connectivity index is 1.74.